The summed E-state index contributed by atoms with van der Waals surface area (Å²) in [5.41, 5.74) is 0.448. The van der Waals surface area contributed by atoms with Crippen molar-refractivity contribution in [3.63, 3.8) is 0 Å². The zero-order valence-electron chi connectivity index (χ0n) is 15.3. The van der Waals surface area contributed by atoms with E-state index in [2.05, 4.69) is 18.7 Å². The van der Waals surface area contributed by atoms with Crippen LogP contribution in [0.5, 0.6) is 0 Å². The Balaban J connectivity index is 2.05. The number of rotatable bonds is 5. The van der Waals surface area contributed by atoms with Crippen LogP contribution in [0.4, 0.5) is 0 Å². The van der Waals surface area contributed by atoms with Gasteiger partial charge in [0.25, 0.3) is 0 Å². The van der Waals surface area contributed by atoms with Gasteiger partial charge in [-0.2, -0.15) is 0 Å². The van der Waals surface area contributed by atoms with Crippen LogP contribution in [0.15, 0.2) is 11.3 Å². The first-order valence-electron chi connectivity index (χ1n) is 8.85. The number of hydrogen-bond acceptors (Lipinski definition) is 5. The molecule has 0 aromatic carbocycles. The van der Waals surface area contributed by atoms with Crippen molar-refractivity contribution in [1.82, 2.24) is 4.90 Å². The van der Waals surface area contributed by atoms with Crippen LogP contribution in [0.1, 0.15) is 53.9 Å². The Morgan fingerprint density at radius 3 is 2.52 bits per heavy atom. The van der Waals surface area contributed by atoms with Crippen molar-refractivity contribution in [3.05, 3.63) is 11.3 Å². The highest BCUT2D eigenvalue weighted by Gasteiger charge is 2.49. The summed E-state index contributed by atoms with van der Waals surface area (Å²) in [6.07, 6.45) is 1.11. The van der Waals surface area contributed by atoms with Gasteiger partial charge in [0.05, 0.1) is 31.0 Å². The van der Waals surface area contributed by atoms with Crippen LogP contribution >= 0.6 is 0 Å². The van der Waals surface area contributed by atoms with E-state index in [1.165, 1.54) is 0 Å². The summed E-state index contributed by atoms with van der Waals surface area (Å²) in [6, 6.07) is 0. The minimum Gasteiger partial charge on any atom is -0.512 e. The van der Waals surface area contributed by atoms with Crippen LogP contribution in [0.2, 0.25) is 0 Å². The van der Waals surface area contributed by atoms with Crippen molar-refractivity contribution in [2.24, 2.45) is 5.41 Å². The number of likely N-dealkylation sites (N-methyl/N-ethyl adjacent to an activating group) is 1. The Morgan fingerprint density at radius 2 is 2.00 bits per heavy atom. The van der Waals surface area contributed by atoms with E-state index in [9.17, 15) is 10.2 Å². The second-order valence-corrected chi connectivity index (χ2v) is 7.86. The lowest BCUT2D eigenvalue weighted by molar-refractivity contribution is -0.195. The van der Waals surface area contributed by atoms with Gasteiger partial charge in [-0.1, -0.05) is 34.6 Å². The van der Waals surface area contributed by atoms with Crippen LogP contribution in [-0.2, 0) is 9.47 Å². The molecule has 1 spiro atoms. The molecule has 1 heterocycles. The molecule has 2 N–H and O–H groups in total. The van der Waals surface area contributed by atoms with Crippen LogP contribution in [0.3, 0.4) is 0 Å². The SMILES string of the molecule is CCCN(CC)CC1COC2(CC(O)=C(C(C)(C)C)C(O)C2)O1. The molecule has 23 heavy (non-hydrogen) atoms. The van der Waals surface area contributed by atoms with Gasteiger partial charge >= 0.3 is 0 Å². The van der Waals surface area contributed by atoms with Gasteiger partial charge in [-0.05, 0) is 24.9 Å². The fourth-order valence-corrected chi connectivity index (χ4v) is 3.83. The molecule has 1 saturated heterocycles. The average molecular weight is 327 g/mol. The molecule has 0 amide bonds. The van der Waals surface area contributed by atoms with Crippen molar-refractivity contribution in [3.8, 4) is 0 Å². The van der Waals surface area contributed by atoms with Crippen molar-refractivity contribution >= 4 is 0 Å². The predicted octanol–water partition coefficient (Wildman–Crippen LogP) is 2.84. The standard InChI is InChI=1S/C18H33NO4/c1-6-8-19(7-2)11-13-12-22-18(23-13)9-14(20)16(15(21)10-18)17(3,4)5/h13-14,20-21H,6-12H2,1-5H3. The molecule has 2 rings (SSSR count). The molecule has 0 aromatic rings. The maximum Gasteiger partial charge on any atom is 0.178 e. The third-order valence-electron chi connectivity index (χ3n) is 4.76. The highest BCUT2D eigenvalue weighted by molar-refractivity contribution is 5.25. The lowest BCUT2D eigenvalue weighted by Crippen LogP contribution is -2.44. The largest absolute Gasteiger partial charge is 0.512 e. The molecular weight excluding hydrogens is 294 g/mol. The number of hydrogen-bond donors (Lipinski definition) is 2. The van der Waals surface area contributed by atoms with E-state index in [-0.39, 0.29) is 17.3 Å². The van der Waals surface area contributed by atoms with E-state index in [0.29, 0.717) is 25.0 Å². The third kappa shape index (κ3) is 4.27. The second-order valence-electron chi connectivity index (χ2n) is 7.86. The van der Waals surface area contributed by atoms with Crippen molar-refractivity contribution in [2.75, 3.05) is 26.2 Å². The minimum absolute atomic E-state index is 0.00214. The van der Waals surface area contributed by atoms with Crippen LogP contribution in [0.25, 0.3) is 0 Å². The molecule has 0 saturated carbocycles. The van der Waals surface area contributed by atoms with E-state index in [1.807, 2.05) is 20.8 Å². The molecule has 3 unspecified atom stereocenters. The molecule has 5 heteroatoms. The topological polar surface area (TPSA) is 62.2 Å². The molecular formula is C18H33NO4. The third-order valence-corrected chi connectivity index (χ3v) is 4.76. The predicted molar refractivity (Wildman–Crippen MR) is 90.3 cm³/mol. The smallest absolute Gasteiger partial charge is 0.178 e. The molecule has 3 atom stereocenters. The first-order chi connectivity index (χ1) is 10.7. The first kappa shape index (κ1) is 18.7. The molecule has 1 aliphatic heterocycles. The maximum atomic E-state index is 10.5. The summed E-state index contributed by atoms with van der Waals surface area (Å²) < 4.78 is 12.1. The molecule has 0 bridgehead atoms. The normalized spacial score (nSPS) is 32.3. The molecule has 1 fully saturated rings. The lowest BCUT2D eigenvalue weighted by Gasteiger charge is -2.39. The molecule has 5 nitrogen and oxygen atoms in total. The van der Waals surface area contributed by atoms with E-state index in [4.69, 9.17) is 9.47 Å². The van der Waals surface area contributed by atoms with Gasteiger partial charge in [0.2, 0.25) is 0 Å². The number of nitrogens with zero attached hydrogens (tertiary/aromatic N) is 1. The summed E-state index contributed by atoms with van der Waals surface area (Å²) in [6.45, 7) is 13.7. The zero-order valence-corrected chi connectivity index (χ0v) is 15.3. The van der Waals surface area contributed by atoms with E-state index < -0.39 is 11.9 Å². The van der Waals surface area contributed by atoms with Gasteiger partial charge in [0, 0.05) is 18.5 Å². The molecule has 2 aliphatic rings. The Kier molecular flexibility index (Phi) is 5.77. The summed E-state index contributed by atoms with van der Waals surface area (Å²) in [5.74, 6) is -0.646. The molecule has 1 aliphatic carbocycles. The minimum atomic E-state index is -0.867. The van der Waals surface area contributed by atoms with Crippen molar-refractivity contribution in [2.45, 2.75) is 71.9 Å². The van der Waals surface area contributed by atoms with Gasteiger partial charge in [0.1, 0.15) is 0 Å². The van der Waals surface area contributed by atoms with Crippen LogP contribution in [-0.4, -0.2) is 59.3 Å². The Morgan fingerprint density at radius 1 is 1.30 bits per heavy atom. The van der Waals surface area contributed by atoms with E-state index >= 15 is 0 Å². The maximum absolute atomic E-state index is 10.5. The van der Waals surface area contributed by atoms with Gasteiger partial charge in [-0.25, -0.2) is 0 Å². The Labute approximate surface area is 140 Å². The monoisotopic (exact) mass is 327 g/mol. The van der Waals surface area contributed by atoms with Gasteiger partial charge in [-0.3, -0.25) is 0 Å². The quantitative estimate of drug-likeness (QED) is 0.813. The van der Waals surface area contributed by atoms with Gasteiger partial charge in [0.15, 0.2) is 5.79 Å². The molecule has 0 aromatic heterocycles. The Bertz CT molecular complexity index is 443. The lowest BCUT2D eigenvalue weighted by atomic mass is 9.76. The number of ether oxygens (including phenoxy) is 2. The highest BCUT2D eigenvalue weighted by atomic mass is 16.7. The summed E-state index contributed by atoms with van der Waals surface area (Å²) >= 11 is 0. The Hall–Kier alpha value is -0.620. The fourth-order valence-electron chi connectivity index (χ4n) is 3.83. The van der Waals surface area contributed by atoms with Crippen molar-refractivity contribution in [1.29, 1.82) is 0 Å². The van der Waals surface area contributed by atoms with Crippen LogP contribution in [0, 0.1) is 5.41 Å². The summed E-state index contributed by atoms with van der Waals surface area (Å²) in [4.78, 5) is 2.35. The van der Waals surface area contributed by atoms with E-state index in [1.54, 1.807) is 0 Å². The first-order valence-corrected chi connectivity index (χ1v) is 8.85. The van der Waals surface area contributed by atoms with Crippen LogP contribution < -0.4 is 0 Å². The molecule has 0 radical (unpaired) electrons. The van der Waals surface area contributed by atoms with E-state index in [0.717, 1.165) is 26.1 Å². The fraction of sp³-hybridized carbons (Fsp3) is 0.889. The van der Waals surface area contributed by atoms with Crippen molar-refractivity contribution < 1.29 is 19.7 Å². The summed E-state index contributed by atoms with van der Waals surface area (Å²) in [5, 5.41) is 21.0. The average Bonchev–Trinajstić information content (AvgIpc) is 2.77. The highest BCUT2D eigenvalue weighted by Crippen LogP contribution is 2.44. The summed E-state index contributed by atoms with van der Waals surface area (Å²) in [7, 11) is 0. The number of aliphatic hydroxyl groups is 2. The second kappa shape index (κ2) is 7.09. The number of aliphatic hydroxyl groups excluding tert-OH is 2. The molecule has 134 valence electrons. The van der Waals surface area contributed by atoms with Gasteiger partial charge in [-0.15, -0.1) is 0 Å². The van der Waals surface area contributed by atoms with Gasteiger partial charge < -0.3 is 24.6 Å². The zero-order chi connectivity index (χ0) is 17.3.